The molecule has 0 bridgehead atoms. The van der Waals surface area contributed by atoms with Gasteiger partial charge < -0.3 is 4.74 Å². The normalized spacial score (nSPS) is 23.3. The molecule has 0 amide bonds. The second kappa shape index (κ2) is 5.65. The zero-order chi connectivity index (χ0) is 13.1. The van der Waals surface area contributed by atoms with Crippen molar-refractivity contribution in [3.8, 4) is 0 Å². The second-order valence-corrected chi connectivity index (χ2v) is 5.91. The van der Waals surface area contributed by atoms with Gasteiger partial charge in [0.25, 0.3) is 0 Å². The average molecular weight is 240 g/mol. The van der Waals surface area contributed by atoms with Crippen molar-refractivity contribution < 1.29 is 14.3 Å². The van der Waals surface area contributed by atoms with Crippen molar-refractivity contribution in [2.75, 3.05) is 0 Å². The van der Waals surface area contributed by atoms with Crippen LogP contribution in [0, 0.1) is 11.8 Å². The van der Waals surface area contributed by atoms with E-state index < -0.39 is 5.60 Å². The molecule has 17 heavy (non-hydrogen) atoms. The van der Waals surface area contributed by atoms with Crippen molar-refractivity contribution in [2.45, 2.75) is 65.4 Å². The fraction of sp³-hybridized carbons (Fsp3) is 0.857. The molecule has 0 unspecified atom stereocenters. The molecule has 1 saturated carbocycles. The van der Waals surface area contributed by atoms with Gasteiger partial charge in [0.15, 0.2) is 0 Å². The van der Waals surface area contributed by atoms with Crippen LogP contribution in [-0.2, 0) is 14.3 Å². The van der Waals surface area contributed by atoms with E-state index in [0.717, 1.165) is 19.3 Å². The van der Waals surface area contributed by atoms with Gasteiger partial charge in [-0.25, -0.2) is 0 Å². The molecule has 0 aromatic rings. The number of Topliss-reactive ketones (excluding diaryl/α,β-unsaturated/α-hetero) is 1. The van der Waals surface area contributed by atoms with E-state index in [1.54, 1.807) is 0 Å². The van der Waals surface area contributed by atoms with E-state index in [2.05, 4.69) is 6.92 Å². The van der Waals surface area contributed by atoms with Gasteiger partial charge in [-0.15, -0.1) is 0 Å². The van der Waals surface area contributed by atoms with Crippen LogP contribution in [0.25, 0.3) is 0 Å². The summed E-state index contributed by atoms with van der Waals surface area (Å²) in [5, 5.41) is 0. The number of carbonyl (C=O) groups excluding carboxylic acids is 2. The maximum atomic E-state index is 11.8. The number of ketones is 1. The summed E-state index contributed by atoms with van der Waals surface area (Å²) in [6.07, 6.45) is 4.48. The van der Waals surface area contributed by atoms with Crippen molar-refractivity contribution in [1.82, 2.24) is 0 Å². The van der Waals surface area contributed by atoms with Crippen LogP contribution in [0.1, 0.15) is 59.8 Å². The molecule has 0 saturated heterocycles. The van der Waals surface area contributed by atoms with Crippen molar-refractivity contribution in [2.24, 2.45) is 11.8 Å². The molecule has 1 aliphatic rings. The third-order valence-corrected chi connectivity index (χ3v) is 2.94. The molecule has 0 spiro atoms. The topological polar surface area (TPSA) is 43.4 Å². The van der Waals surface area contributed by atoms with E-state index in [-0.39, 0.29) is 23.6 Å². The first-order valence-electron chi connectivity index (χ1n) is 6.60. The SMILES string of the molecule is CCCCCC(=O)[C@@H]1C[C@H]1C(=O)OC(C)(C)C. The Labute approximate surface area is 104 Å². The molecule has 1 fully saturated rings. The van der Waals surface area contributed by atoms with Gasteiger partial charge in [0.05, 0.1) is 5.92 Å². The van der Waals surface area contributed by atoms with Gasteiger partial charge in [0.2, 0.25) is 0 Å². The molecule has 3 nitrogen and oxygen atoms in total. The minimum atomic E-state index is -0.449. The zero-order valence-corrected chi connectivity index (χ0v) is 11.4. The van der Waals surface area contributed by atoms with Gasteiger partial charge in [-0.2, -0.15) is 0 Å². The Balaban J connectivity index is 2.28. The van der Waals surface area contributed by atoms with E-state index in [4.69, 9.17) is 4.74 Å². The lowest BCUT2D eigenvalue weighted by Gasteiger charge is -2.19. The number of hydrogen-bond donors (Lipinski definition) is 0. The Morgan fingerprint density at radius 3 is 2.35 bits per heavy atom. The molecule has 3 heteroatoms. The first-order chi connectivity index (χ1) is 7.85. The first kappa shape index (κ1) is 14.2. The molecular weight excluding hydrogens is 216 g/mol. The van der Waals surface area contributed by atoms with Crippen LogP contribution < -0.4 is 0 Å². The fourth-order valence-electron chi connectivity index (χ4n) is 1.92. The average Bonchev–Trinajstić information content (AvgIpc) is 2.94. The summed E-state index contributed by atoms with van der Waals surface area (Å²) < 4.78 is 5.28. The molecule has 1 aliphatic carbocycles. The maximum absolute atomic E-state index is 11.8. The molecule has 1 rings (SSSR count). The predicted molar refractivity (Wildman–Crippen MR) is 66.6 cm³/mol. The van der Waals surface area contributed by atoms with Crippen LogP contribution in [-0.4, -0.2) is 17.4 Å². The molecule has 0 aromatic heterocycles. The Kier molecular flexibility index (Phi) is 4.72. The van der Waals surface area contributed by atoms with Gasteiger partial charge in [0.1, 0.15) is 11.4 Å². The molecule has 0 aliphatic heterocycles. The largest absolute Gasteiger partial charge is 0.460 e. The van der Waals surface area contributed by atoms with Crippen molar-refractivity contribution >= 4 is 11.8 Å². The predicted octanol–water partition coefficient (Wildman–Crippen LogP) is 3.11. The highest BCUT2D eigenvalue weighted by atomic mass is 16.6. The molecular formula is C14H24O3. The monoisotopic (exact) mass is 240 g/mol. The van der Waals surface area contributed by atoms with Crippen LogP contribution in [0.2, 0.25) is 0 Å². The summed E-state index contributed by atoms with van der Waals surface area (Å²) in [6, 6.07) is 0. The summed E-state index contributed by atoms with van der Waals surface area (Å²) in [6.45, 7) is 7.67. The number of rotatable bonds is 6. The quantitative estimate of drug-likeness (QED) is 0.529. The number of carbonyl (C=O) groups is 2. The highest BCUT2D eigenvalue weighted by Gasteiger charge is 2.49. The van der Waals surface area contributed by atoms with Crippen LogP contribution in [0.5, 0.6) is 0 Å². The van der Waals surface area contributed by atoms with E-state index in [0.29, 0.717) is 12.8 Å². The Morgan fingerprint density at radius 1 is 1.18 bits per heavy atom. The summed E-state index contributed by atoms with van der Waals surface area (Å²) in [4.78, 5) is 23.4. The van der Waals surface area contributed by atoms with E-state index in [9.17, 15) is 9.59 Å². The smallest absolute Gasteiger partial charge is 0.310 e. The highest BCUT2D eigenvalue weighted by molar-refractivity contribution is 5.91. The standard InChI is InChI=1S/C14H24O3/c1-5-6-7-8-12(15)10-9-11(10)13(16)17-14(2,3)4/h10-11H,5-9H2,1-4H3/t10-,11-/m1/s1. The van der Waals surface area contributed by atoms with Crippen LogP contribution in [0.4, 0.5) is 0 Å². The molecule has 0 radical (unpaired) electrons. The summed E-state index contributed by atoms with van der Waals surface area (Å²) >= 11 is 0. The zero-order valence-electron chi connectivity index (χ0n) is 11.4. The lowest BCUT2D eigenvalue weighted by atomic mass is 10.1. The number of ether oxygens (including phenoxy) is 1. The number of hydrogen-bond acceptors (Lipinski definition) is 3. The second-order valence-electron chi connectivity index (χ2n) is 5.91. The summed E-state index contributed by atoms with van der Waals surface area (Å²) in [5.41, 5.74) is -0.449. The molecule has 2 atom stereocenters. The summed E-state index contributed by atoms with van der Waals surface area (Å²) in [5.74, 6) is -0.175. The van der Waals surface area contributed by atoms with Crippen molar-refractivity contribution in [3.05, 3.63) is 0 Å². The van der Waals surface area contributed by atoms with Gasteiger partial charge >= 0.3 is 5.97 Å². The number of esters is 1. The Bertz CT molecular complexity index is 288. The fourth-order valence-corrected chi connectivity index (χ4v) is 1.92. The van der Waals surface area contributed by atoms with E-state index >= 15 is 0 Å². The molecule has 0 heterocycles. The van der Waals surface area contributed by atoms with E-state index in [1.165, 1.54) is 0 Å². The molecule has 98 valence electrons. The summed E-state index contributed by atoms with van der Waals surface area (Å²) in [7, 11) is 0. The molecule has 0 aromatic carbocycles. The first-order valence-corrected chi connectivity index (χ1v) is 6.60. The van der Waals surface area contributed by atoms with Crippen LogP contribution in [0.3, 0.4) is 0 Å². The van der Waals surface area contributed by atoms with Crippen molar-refractivity contribution in [3.63, 3.8) is 0 Å². The van der Waals surface area contributed by atoms with Gasteiger partial charge in [-0.1, -0.05) is 19.8 Å². The van der Waals surface area contributed by atoms with Crippen LogP contribution in [0.15, 0.2) is 0 Å². The van der Waals surface area contributed by atoms with E-state index in [1.807, 2.05) is 20.8 Å². The van der Waals surface area contributed by atoms with Gasteiger partial charge in [0, 0.05) is 12.3 Å². The highest BCUT2D eigenvalue weighted by Crippen LogP contribution is 2.42. The lowest BCUT2D eigenvalue weighted by Crippen LogP contribution is -2.25. The molecule has 0 N–H and O–H groups in total. The third-order valence-electron chi connectivity index (χ3n) is 2.94. The van der Waals surface area contributed by atoms with Crippen LogP contribution >= 0.6 is 0 Å². The maximum Gasteiger partial charge on any atom is 0.310 e. The Hall–Kier alpha value is -0.860. The lowest BCUT2D eigenvalue weighted by molar-refractivity contribution is -0.157. The van der Waals surface area contributed by atoms with Crippen molar-refractivity contribution in [1.29, 1.82) is 0 Å². The minimum Gasteiger partial charge on any atom is -0.460 e. The Morgan fingerprint density at radius 2 is 1.82 bits per heavy atom. The minimum absolute atomic E-state index is 0.0540. The third kappa shape index (κ3) is 4.88. The van der Waals surface area contributed by atoms with Gasteiger partial charge in [-0.05, 0) is 33.6 Å². The van der Waals surface area contributed by atoms with Gasteiger partial charge in [-0.3, -0.25) is 9.59 Å². The number of unbranched alkanes of at least 4 members (excludes halogenated alkanes) is 2.